The van der Waals surface area contributed by atoms with Gasteiger partial charge in [-0.25, -0.2) is 9.78 Å². The molecule has 2 aromatic heterocycles. The highest BCUT2D eigenvalue weighted by molar-refractivity contribution is 6.13. The number of aryl methyl sites for hydroxylation is 1. The van der Waals surface area contributed by atoms with E-state index >= 15 is 0 Å². The van der Waals surface area contributed by atoms with Crippen LogP contribution in [0.1, 0.15) is 88.0 Å². The zero-order valence-corrected chi connectivity index (χ0v) is 43.5. The number of halogens is 2. The molecule has 4 aliphatic rings. The van der Waals surface area contributed by atoms with Crippen molar-refractivity contribution in [2.75, 3.05) is 40.1 Å². The van der Waals surface area contributed by atoms with Crippen molar-refractivity contribution in [1.82, 2.24) is 40.6 Å². The fourth-order valence-corrected chi connectivity index (χ4v) is 9.40. The molecular weight excluding hydrogens is 1050 g/mol. The van der Waals surface area contributed by atoms with E-state index < -0.39 is 127 Å². The van der Waals surface area contributed by atoms with Crippen LogP contribution in [0.4, 0.5) is 8.78 Å². The highest BCUT2D eigenvalue weighted by atomic mass is 19.3. The molecule has 0 spiro atoms. The van der Waals surface area contributed by atoms with Crippen LogP contribution in [0.3, 0.4) is 0 Å². The van der Waals surface area contributed by atoms with Crippen molar-refractivity contribution in [3.63, 3.8) is 0 Å². The molecule has 428 valence electrons. The molecule has 6 heterocycles. The van der Waals surface area contributed by atoms with Crippen molar-refractivity contribution >= 4 is 58.2 Å². The number of alkyl halides is 2. The number of esters is 1. The normalized spacial score (nSPS) is 18.9. The molecule has 28 heteroatoms. The second-order valence-electron chi connectivity index (χ2n) is 19.6. The third-order valence-corrected chi connectivity index (χ3v) is 14.0. The van der Waals surface area contributed by atoms with Crippen LogP contribution in [-0.4, -0.2) is 175 Å². The number of hydrogen-bond acceptors (Lipinski definition) is 19. The zero-order chi connectivity index (χ0) is 57.7. The largest absolute Gasteiger partial charge is 0.586 e. The molecule has 7 rings (SSSR count). The number of aliphatic hydroxyl groups is 5. The number of amides is 7. The Labute approximate surface area is 449 Å². The minimum absolute atomic E-state index is 0.0379. The summed E-state index contributed by atoms with van der Waals surface area (Å²) >= 11 is 0. The van der Waals surface area contributed by atoms with Crippen LogP contribution in [0.5, 0.6) is 11.5 Å². The number of carbonyl (C=O) groups excluding carboxylic acids is 8. The summed E-state index contributed by atoms with van der Waals surface area (Å²) in [6.07, 6.45) is -6.60. The molecule has 4 aliphatic heterocycles. The first-order chi connectivity index (χ1) is 37.4. The number of pyridine rings is 2. The number of ether oxygens (including phenoxy) is 4. The summed E-state index contributed by atoms with van der Waals surface area (Å²) in [5.74, 6) is -6.47. The maximum atomic E-state index is 14.2. The standard InChI is InChI=1S/C51H62F2N8O18/c1-5-50(75)32-18-35-44-30(20-61(35)48(73)31(32)23-77-49(50)74)28(29-17-38-39(19-34(29)58-44)79-51(52,53)78-38)8-6-7-15-76-24-54-45(70)25(2)55-46(71)26(3)56-47(72)33(57-40(66)13-14-60-42(68)11-12-43(60)69)9-10-41(67)59(4)21-37(65)36(64)16-27(63)22-62/h11-12,17-19,25-27,33,36-37,62-65,75H,5-10,13-16,20-24H2,1-4H3,(H,54,70)(H,55,71)(H,56,72)(H,57,66)/t25-,26-,27-,33-,36-,37-,50-/m0/s1. The van der Waals surface area contributed by atoms with Crippen LogP contribution < -0.4 is 36.3 Å². The van der Waals surface area contributed by atoms with Crippen molar-refractivity contribution in [3.05, 3.63) is 63.0 Å². The molecule has 0 radical (unpaired) electrons. The van der Waals surface area contributed by atoms with Gasteiger partial charge in [0.25, 0.3) is 17.4 Å². The van der Waals surface area contributed by atoms with Crippen LogP contribution in [0, 0.1) is 0 Å². The SMILES string of the molecule is CC[C@@]1(O)C(=O)OCc2c1cc1n(c2=O)Cc2c-1nc1cc3c(cc1c2CCCCOCNC(=O)[C@H](C)NC(=O)[C@H](C)NC(=O)[C@H](CCC(=O)N(C)C[C@H](O)[C@@H](O)C[C@H](O)CO)NC(=O)CCN1C(=O)C=CC1=O)OC(F)(F)O3. The summed E-state index contributed by atoms with van der Waals surface area (Å²) in [5, 5.41) is 60.8. The van der Waals surface area contributed by atoms with Gasteiger partial charge in [0, 0.05) is 80.7 Å². The molecule has 79 heavy (non-hydrogen) atoms. The van der Waals surface area contributed by atoms with Gasteiger partial charge >= 0.3 is 12.3 Å². The van der Waals surface area contributed by atoms with Crippen LogP contribution in [0.15, 0.2) is 35.1 Å². The van der Waals surface area contributed by atoms with Gasteiger partial charge in [0.15, 0.2) is 17.1 Å². The first-order valence-corrected chi connectivity index (χ1v) is 25.5. The monoisotopic (exact) mass is 1110 g/mol. The van der Waals surface area contributed by atoms with Crippen molar-refractivity contribution < 1.29 is 91.6 Å². The second-order valence-corrected chi connectivity index (χ2v) is 19.6. The van der Waals surface area contributed by atoms with Gasteiger partial charge < -0.3 is 75.2 Å². The van der Waals surface area contributed by atoms with E-state index in [2.05, 4.69) is 21.3 Å². The number of aromatic nitrogens is 2. The summed E-state index contributed by atoms with van der Waals surface area (Å²) in [7, 11) is 1.30. The molecule has 1 aromatic carbocycles. The molecule has 0 unspecified atom stereocenters. The Bertz CT molecular complexity index is 2990. The highest BCUT2D eigenvalue weighted by Crippen LogP contribution is 2.46. The first-order valence-electron chi connectivity index (χ1n) is 25.5. The summed E-state index contributed by atoms with van der Waals surface area (Å²) in [5.41, 5.74) is -0.158. The Balaban J connectivity index is 0.911. The van der Waals surface area contributed by atoms with Crippen molar-refractivity contribution in [3.8, 4) is 22.9 Å². The van der Waals surface area contributed by atoms with Gasteiger partial charge in [0.1, 0.15) is 31.5 Å². The van der Waals surface area contributed by atoms with Crippen LogP contribution in [0.25, 0.3) is 22.3 Å². The number of nitrogens with one attached hydrogen (secondary N) is 4. The third kappa shape index (κ3) is 13.3. The second kappa shape index (κ2) is 24.7. The van der Waals surface area contributed by atoms with E-state index in [1.807, 2.05) is 0 Å². The van der Waals surface area contributed by atoms with E-state index in [9.17, 15) is 72.4 Å². The number of nitrogens with zero attached hydrogens (tertiary/aromatic N) is 4. The number of aliphatic hydroxyl groups excluding tert-OH is 4. The van der Waals surface area contributed by atoms with Gasteiger partial charge in [0.2, 0.25) is 29.5 Å². The molecule has 7 amide bonds. The summed E-state index contributed by atoms with van der Waals surface area (Å²) < 4.78 is 50.1. The lowest BCUT2D eigenvalue weighted by Crippen LogP contribution is -2.55. The summed E-state index contributed by atoms with van der Waals surface area (Å²) in [4.78, 5) is 123. The Morgan fingerprint density at radius 2 is 1.56 bits per heavy atom. The van der Waals surface area contributed by atoms with Gasteiger partial charge in [-0.05, 0) is 63.6 Å². The molecule has 0 saturated carbocycles. The quantitative estimate of drug-likeness (QED) is 0.0147. The van der Waals surface area contributed by atoms with Crippen molar-refractivity contribution in [2.24, 2.45) is 0 Å². The summed E-state index contributed by atoms with van der Waals surface area (Å²) in [6, 6.07) is 0.321. The van der Waals surface area contributed by atoms with E-state index in [1.165, 1.54) is 43.7 Å². The lowest BCUT2D eigenvalue weighted by molar-refractivity contribution is -0.286. The Morgan fingerprint density at radius 3 is 2.24 bits per heavy atom. The minimum atomic E-state index is -3.91. The van der Waals surface area contributed by atoms with Crippen LogP contribution in [0.2, 0.25) is 0 Å². The number of rotatable bonds is 26. The van der Waals surface area contributed by atoms with Gasteiger partial charge in [-0.2, -0.15) is 0 Å². The van der Waals surface area contributed by atoms with Gasteiger partial charge in [0.05, 0.1) is 53.9 Å². The number of likely N-dealkylation sites (N-methyl/N-ethyl adjacent to an activating group) is 1. The summed E-state index contributed by atoms with van der Waals surface area (Å²) in [6.45, 7) is 2.39. The number of unbranched alkanes of at least 4 members (excludes halogenated alkanes) is 1. The van der Waals surface area contributed by atoms with Crippen molar-refractivity contribution in [1.29, 1.82) is 0 Å². The minimum Gasteiger partial charge on any atom is -0.458 e. The average molecular weight is 1110 g/mol. The van der Waals surface area contributed by atoms with Gasteiger partial charge in [-0.15, -0.1) is 8.78 Å². The Morgan fingerprint density at radius 1 is 0.886 bits per heavy atom. The fraction of sp³-hybridized carbons (Fsp3) is 0.529. The fourth-order valence-electron chi connectivity index (χ4n) is 9.40. The Hall–Kier alpha value is -7.50. The molecule has 0 fully saturated rings. The molecule has 0 saturated heterocycles. The predicted octanol–water partition coefficient (Wildman–Crippen LogP) is -1.67. The lowest BCUT2D eigenvalue weighted by atomic mass is 9.86. The maximum Gasteiger partial charge on any atom is 0.586 e. The number of carbonyl (C=O) groups is 8. The smallest absolute Gasteiger partial charge is 0.458 e. The molecule has 0 bridgehead atoms. The number of cyclic esters (lactones) is 1. The molecule has 3 aromatic rings. The predicted molar refractivity (Wildman–Crippen MR) is 267 cm³/mol. The van der Waals surface area contributed by atoms with E-state index in [1.54, 1.807) is 6.92 Å². The number of imide groups is 1. The topological polar surface area (TPSA) is 364 Å². The van der Waals surface area contributed by atoms with Crippen molar-refractivity contribution in [2.45, 2.75) is 134 Å². The van der Waals surface area contributed by atoms with Gasteiger partial charge in [-0.1, -0.05) is 6.92 Å². The first kappa shape index (κ1) is 59.2. The van der Waals surface area contributed by atoms with E-state index in [4.69, 9.17) is 29.0 Å². The third-order valence-electron chi connectivity index (χ3n) is 14.0. The van der Waals surface area contributed by atoms with Gasteiger partial charge in [-0.3, -0.25) is 43.3 Å². The highest BCUT2D eigenvalue weighted by Gasteiger charge is 2.47. The molecule has 0 aliphatic carbocycles. The maximum absolute atomic E-state index is 14.2. The zero-order valence-electron chi connectivity index (χ0n) is 43.5. The number of fused-ring (bicyclic) bond motifs is 6. The lowest BCUT2D eigenvalue weighted by Gasteiger charge is -2.31. The molecule has 9 N–H and O–H groups in total. The molecular formula is C51H62F2N8O18. The van der Waals surface area contributed by atoms with Crippen LogP contribution in [-0.2, 0) is 73.0 Å². The van der Waals surface area contributed by atoms with E-state index in [-0.39, 0.29) is 80.4 Å². The molecule has 26 nitrogen and oxygen atoms in total. The average Bonchev–Trinajstić information content (AvgIpc) is 4.29. The van der Waals surface area contributed by atoms with E-state index in [0.717, 1.165) is 22.0 Å². The van der Waals surface area contributed by atoms with E-state index in [0.29, 0.717) is 47.2 Å². The number of benzene rings is 1. The molecule has 7 atom stereocenters. The Kier molecular flexibility index (Phi) is 18.5. The number of hydrogen-bond donors (Lipinski definition) is 9. The van der Waals surface area contributed by atoms with Crippen LogP contribution >= 0.6 is 0 Å².